The topological polar surface area (TPSA) is 96.0 Å². The molecule has 0 radical (unpaired) electrons. The van der Waals surface area contributed by atoms with Crippen molar-refractivity contribution in [3.05, 3.63) is 59.7 Å². The van der Waals surface area contributed by atoms with Crippen LogP contribution < -0.4 is 14.4 Å². The first-order valence-corrected chi connectivity index (χ1v) is 13.4. The minimum atomic E-state index is -4.70. The molecular weight excluding hydrogens is 511 g/mol. The first kappa shape index (κ1) is 29.9. The predicted molar refractivity (Wildman–Crippen MR) is 135 cm³/mol. The number of anilines is 1. The number of hydrogen-bond acceptors (Lipinski definition) is 5. The molecule has 0 aliphatic heterocycles. The summed E-state index contributed by atoms with van der Waals surface area (Å²) in [5.74, 6) is -0.698. The number of rotatable bonds is 11. The summed E-state index contributed by atoms with van der Waals surface area (Å²) in [5.41, 5.74) is -0.759. The lowest BCUT2D eigenvalue weighted by Gasteiger charge is -2.32. The second kappa shape index (κ2) is 12.3. The lowest BCUT2D eigenvalue weighted by Crippen LogP contribution is -2.52. The molecule has 8 nitrogen and oxygen atoms in total. The number of alkyl halides is 3. The van der Waals surface area contributed by atoms with Crippen LogP contribution in [0.2, 0.25) is 0 Å². The van der Waals surface area contributed by atoms with Crippen molar-refractivity contribution in [1.29, 1.82) is 0 Å². The number of benzene rings is 2. The standard InChI is InChI=1S/C25H32F3N3O5S/c1-6-17(2)29-24(33)18(3)30(15-19-9-7-12-22(13-19)36-4)23(32)16-31(37(5,34)35)21-11-8-10-20(14-21)25(26,27)28/h7-14,17-18H,6,15-16H2,1-5H3,(H,29,33)/t17-,18+/m1/s1. The normalized spacial score (nSPS) is 13.4. The third-order valence-electron chi connectivity index (χ3n) is 5.80. The number of halogens is 3. The molecule has 0 heterocycles. The molecule has 37 heavy (non-hydrogen) atoms. The summed E-state index contributed by atoms with van der Waals surface area (Å²) in [7, 11) is -2.69. The van der Waals surface area contributed by atoms with Crippen LogP contribution in [0.4, 0.5) is 18.9 Å². The van der Waals surface area contributed by atoms with Crippen molar-refractivity contribution in [2.24, 2.45) is 0 Å². The van der Waals surface area contributed by atoms with Gasteiger partial charge >= 0.3 is 6.18 Å². The van der Waals surface area contributed by atoms with E-state index in [1.165, 1.54) is 25.0 Å². The quantitative estimate of drug-likeness (QED) is 0.465. The zero-order valence-electron chi connectivity index (χ0n) is 21.4. The lowest BCUT2D eigenvalue weighted by molar-refractivity contribution is -0.139. The van der Waals surface area contributed by atoms with Crippen LogP contribution in [-0.2, 0) is 32.3 Å². The van der Waals surface area contributed by atoms with Crippen molar-refractivity contribution in [1.82, 2.24) is 10.2 Å². The second-order valence-corrected chi connectivity index (χ2v) is 10.6. The Morgan fingerprint density at radius 1 is 1.08 bits per heavy atom. The Bertz CT molecular complexity index is 1200. The molecule has 0 aliphatic carbocycles. The number of sulfonamides is 1. The van der Waals surface area contributed by atoms with E-state index in [0.29, 0.717) is 28.1 Å². The Morgan fingerprint density at radius 2 is 1.73 bits per heavy atom. The largest absolute Gasteiger partial charge is 0.497 e. The molecule has 0 aromatic heterocycles. The van der Waals surface area contributed by atoms with Crippen molar-refractivity contribution in [2.45, 2.75) is 52.0 Å². The van der Waals surface area contributed by atoms with Gasteiger partial charge in [0.1, 0.15) is 18.3 Å². The summed E-state index contributed by atoms with van der Waals surface area (Å²) in [6.07, 6.45) is -3.25. The van der Waals surface area contributed by atoms with Crippen LogP contribution in [-0.4, -0.2) is 57.1 Å². The molecule has 2 amide bonds. The van der Waals surface area contributed by atoms with E-state index in [-0.39, 0.29) is 18.3 Å². The number of carbonyl (C=O) groups excluding carboxylic acids is 2. The van der Waals surface area contributed by atoms with Crippen LogP contribution in [0.1, 0.15) is 38.3 Å². The summed E-state index contributed by atoms with van der Waals surface area (Å²) < 4.78 is 70.7. The lowest BCUT2D eigenvalue weighted by atomic mass is 10.1. The van der Waals surface area contributed by atoms with Gasteiger partial charge in [-0.1, -0.05) is 25.1 Å². The number of nitrogens with one attached hydrogen (secondary N) is 1. The molecule has 2 aromatic rings. The summed E-state index contributed by atoms with van der Waals surface area (Å²) in [5, 5.41) is 2.80. The summed E-state index contributed by atoms with van der Waals surface area (Å²) in [6, 6.07) is 9.33. The summed E-state index contributed by atoms with van der Waals surface area (Å²) in [4.78, 5) is 27.6. The van der Waals surface area contributed by atoms with Crippen LogP contribution in [0.3, 0.4) is 0 Å². The van der Waals surface area contributed by atoms with Gasteiger partial charge in [0, 0.05) is 12.6 Å². The van der Waals surface area contributed by atoms with Crippen molar-refractivity contribution < 1.29 is 35.9 Å². The highest BCUT2D eigenvalue weighted by molar-refractivity contribution is 7.92. The molecule has 0 saturated carbocycles. The van der Waals surface area contributed by atoms with Gasteiger partial charge in [-0.15, -0.1) is 0 Å². The van der Waals surface area contributed by atoms with E-state index < -0.39 is 46.2 Å². The van der Waals surface area contributed by atoms with E-state index >= 15 is 0 Å². The zero-order chi connectivity index (χ0) is 28.0. The fourth-order valence-corrected chi connectivity index (χ4v) is 4.31. The molecule has 0 bridgehead atoms. The van der Waals surface area contributed by atoms with Gasteiger partial charge in [-0.25, -0.2) is 8.42 Å². The van der Waals surface area contributed by atoms with E-state index in [9.17, 15) is 31.2 Å². The zero-order valence-corrected chi connectivity index (χ0v) is 22.2. The van der Waals surface area contributed by atoms with E-state index in [4.69, 9.17) is 4.74 Å². The van der Waals surface area contributed by atoms with Gasteiger partial charge in [0.05, 0.1) is 24.6 Å². The number of hydrogen-bond donors (Lipinski definition) is 1. The number of ether oxygens (including phenoxy) is 1. The highest BCUT2D eigenvalue weighted by Crippen LogP contribution is 2.32. The monoisotopic (exact) mass is 543 g/mol. The van der Waals surface area contributed by atoms with E-state index in [2.05, 4.69) is 5.32 Å². The van der Waals surface area contributed by atoms with Crippen LogP contribution in [0, 0.1) is 0 Å². The Balaban J connectivity index is 2.46. The molecule has 2 atom stereocenters. The molecule has 0 unspecified atom stereocenters. The second-order valence-electron chi connectivity index (χ2n) is 8.68. The average Bonchev–Trinajstić information content (AvgIpc) is 2.84. The van der Waals surface area contributed by atoms with Gasteiger partial charge in [-0.3, -0.25) is 13.9 Å². The number of methoxy groups -OCH3 is 1. The SMILES string of the molecule is CC[C@@H](C)NC(=O)[C@H](C)N(Cc1cccc(OC)c1)C(=O)CN(c1cccc(C(F)(F)F)c1)S(C)(=O)=O. The van der Waals surface area contributed by atoms with Gasteiger partial charge in [0.2, 0.25) is 21.8 Å². The van der Waals surface area contributed by atoms with Crippen molar-refractivity contribution in [3.8, 4) is 5.75 Å². The summed E-state index contributed by atoms with van der Waals surface area (Å²) in [6.45, 7) is 4.33. The highest BCUT2D eigenvalue weighted by atomic mass is 32.2. The van der Waals surface area contributed by atoms with E-state index in [1.807, 2.05) is 6.92 Å². The predicted octanol–water partition coefficient (Wildman–Crippen LogP) is 3.81. The number of nitrogens with zero attached hydrogens (tertiary/aromatic N) is 2. The van der Waals surface area contributed by atoms with Crippen LogP contribution in [0.25, 0.3) is 0 Å². The van der Waals surface area contributed by atoms with Gasteiger partial charge in [0.25, 0.3) is 0 Å². The fourth-order valence-electron chi connectivity index (χ4n) is 3.47. The number of amides is 2. The third kappa shape index (κ3) is 8.38. The highest BCUT2D eigenvalue weighted by Gasteiger charge is 2.33. The Labute approximate surface area is 215 Å². The molecule has 2 rings (SSSR count). The van der Waals surface area contributed by atoms with Crippen LogP contribution >= 0.6 is 0 Å². The maximum Gasteiger partial charge on any atom is 0.416 e. The fraction of sp³-hybridized carbons (Fsp3) is 0.440. The Kier molecular flexibility index (Phi) is 9.96. The van der Waals surface area contributed by atoms with E-state index in [1.54, 1.807) is 31.2 Å². The van der Waals surface area contributed by atoms with Crippen LogP contribution in [0.5, 0.6) is 5.75 Å². The molecule has 2 aromatic carbocycles. The minimum Gasteiger partial charge on any atom is -0.497 e. The first-order chi connectivity index (χ1) is 17.2. The van der Waals surface area contributed by atoms with Gasteiger partial charge in [-0.2, -0.15) is 13.2 Å². The molecule has 0 spiro atoms. The van der Waals surface area contributed by atoms with Gasteiger partial charge in [0.15, 0.2) is 0 Å². The maximum atomic E-state index is 13.5. The van der Waals surface area contributed by atoms with Gasteiger partial charge < -0.3 is 15.0 Å². The molecular formula is C25H32F3N3O5S. The van der Waals surface area contributed by atoms with Crippen LogP contribution in [0.15, 0.2) is 48.5 Å². The van der Waals surface area contributed by atoms with Crippen molar-refractivity contribution >= 4 is 27.5 Å². The minimum absolute atomic E-state index is 0.0642. The van der Waals surface area contributed by atoms with E-state index in [0.717, 1.165) is 18.4 Å². The van der Waals surface area contributed by atoms with Crippen molar-refractivity contribution in [3.63, 3.8) is 0 Å². The maximum absolute atomic E-state index is 13.5. The average molecular weight is 544 g/mol. The molecule has 0 aliphatic rings. The molecule has 0 saturated heterocycles. The molecule has 1 N–H and O–H groups in total. The summed E-state index contributed by atoms with van der Waals surface area (Å²) >= 11 is 0. The van der Waals surface area contributed by atoms with Crippen molar-refractivity contribution in [2.75, 3.05) is 24.2 Å². The number of carbonyl (C=O) groups is 2. The Morgan fingerprint density at radius 3 is 2.30 bits per heavy atom. The molecule has 204 valence electrons. The van der Waals surface area contributed by atoms with Gasteiger partial charge in [-0.05, 0) is 56.2 Å². The smallest absolute Gasteiger partial charge is 0.416 e. The molecule has 0 fully saturated rings. The third-order valence-corrected chi connectivity index (χ3v) is 6.94. The first-order valence-electron chi connectivity index (χ1n) is 11.5. The molecule has 12 heteroatoms. The Hall–Kier alpha value is -3.28.